The normalized spacial score (nSPS) is 15.4. The van der Waals surface area contributed by atoms with Gasteiger partial charge in [0.1, 0.15) is 5.78 Å². The van der Waals surface area contributed by atoms with Gasteiger partial charge < -0.3 is 25.0 Å². The lowest BCUT2D eigenvalue weighted by atomic mass is 9.89. The summed E-state index contributed by atoms with van der Waals surface area (Å²) in [5.74, 6) is 0.321. The first-order valence-electron chi connectivity index (χ1n) is 12.8. The minimum atomic E-state index is -0.368. The number of carbonyl (C=O) groups is 3. The van der Waals surface area contributed by atoms with E-state index in [0.29, 0.717) is 51.9 Å². The molecular weight excluding hydrogens is 434 g/mol. The Labute approximate surface area is 206 Å². The molecule has 1 rings (SSSR count). The lowest BCUT2D eigenvalue weighted by molar-refractivity contribution is -0.133. The minimum absolute atomic E-state index is 0.103. The summed E-state index contributed by atoms with van der Waals surface area (Å²) >= 11 is 0. The number of ketones is 1. The number of rotatable bonds is 15. The highest BCUT2D eigenvalue weighted by Crippen LogP contribution is 2.22. The molecule has 0 aromatic carbocycles. The first-order chi connectivity index (χ1) is 15.9. The third kappa shape index (κ3) is 14.7. The molecule has 1 aliphatic rings. The fourth-order valence-electron chi connectivity index (χ4n) is 3.57. The van der Waals surface area contributed by atoms with Crippen LogP contribution < -0.4 is 10.6 Å². The van der Waals surface area contributed by atoms with Crippen LogP contribution in [0.3, 0.4) is 0 Å². The fourth-order valence-corrected chi connectivity index (χ4v) is 3.57. The van der Waals surface area contributed by atoms with Gasteiger partial charge in [0.2, 0.25) is 11.8 Å². The van der Waals surface area contributed by atoms with Crippen LogP contribution in [0, 0.1) is 10.8 Å². The zero-order valence-electron chi connectivity index (χ0n) is 22.5. The summed E-state index contributed by atoms with van der Waals surface area (Å²) in [4.78, 5) is 37.9. The van der Waals surface area contributed by atoms with Crippen LogP contribution in [0.2, 0.25) is 0 Å². The van der Waals surface area contributed by atoms with Crippen molar-refractivity contribution in [1.82, 2.24) is 15.5 Å². The number of nitrogens with zero attached hydrogens (tertiary/aromatic N) is 1. The van der Waals surface area contributed by atoms with E-state index in [9.17, 15) is 14.4 Å². The summed E-state index contributed by atoms with van der Waals surface area (Å²) in [6, 6.07) is 0.434. The van der Waals surface area contributed by atoms with Crippen LogP contribution in [0.4, 0.5) is 0 Å². The summed E-state index contributed by atoms with van der Waals surface area (Å²) in [5.41, 5.74) is -0.170. The molecule has 0 unspecified atom stereocenters. The van der Waals surface area contributed by atoms with E-state index in [4.69, 9.17) is 9.47 Å². The molecule has 8 heteroatoms. The summed E-state index contributed by atoms with van der Waals surface area (Å²) in [6.07, 6.45) is 4.17. The average Bonchev–Trinajstić information content (AvgIpc) is 2.75. The van der Waals surface area contributed by atoms with Gasteiger partial charge in [-0.1, -0.05) is 41.5 Å². The largest absolute Gasteiger partial charge is 0.379 e. The third-order valence-corrected chi connectivity index (χ3v) is 5.97. The van der Waals surface area contributed by atoms with E-state index >= 15 is 0 Å². The molecule has 2 N–H and O–H groups in total. The molecule has 0 aromatic rings. The van der Waals surface area contributed by atoms with E-state index in [0.717, 1.165) is 38.9 Å². The van der Waals surface area contributed by atoms with Gasteiger partial charge in [0.05, 0.1) is 26.4 Å². The van der Waals surface area contributed by atoms with E-state index in [1.54, 1.807) is 0 Å². The minimum Gasteiger partial charge on any atom is -0.379 e. The second kappa shape index (κ2) is 15.5. The molecule has 0 bridgehead atoms. The number of nitrogens with one attached hydrogen (secondary N) is 2. The maximum absolute atomic E-state index is 12.3. The zero-order valence-corrected chi connectivity index (χ0v) is 22.5. The highest BCUT2D eigenvalue weighted by atomic mass is 16.5. The first-order valence-corrected chi connectivity index (χ1v) is 12.8. The lowest BCUT2D eigenvalue weighted by Gasteiger charge is -2.33. The summed E-state index contributed by atoms with van der Waals surface area (Å²) < 4.78 is 11.0. The van der Waals surface area contributed by atoms with Crippen LogP contribution in [0.15, 0.2) is 0 Å². The van der Waals surface area contributed by atoms with Crippen molar-refractivity contribution in [2.75, 3.05) is 52.6 Å². The molecule has 1 fully saturated rings. The van der Waals surface area contributed by atoms with Crippen molar-refractivity contribution in [1.29, 1.82) is 0 Å². The molecule has 0 saturated carbocycles. The molecule has 1 aliphatic heterocycles. The van der Waals surface area contributed by atoms with Crippen LogP contribution in [-0.4, -0.2) is 81.1 Å². The fraction of sp³-hybridized carbons (Fsp3) is 0.885. The Morgan fingerprint density at radius 3 is 2.03 bits per heavy atom. The van der Waals surface area contributed by atoms with Gasteiger partial charge in [-0.05, 0) is 24.7 Å². The van der Waals surface area contributed by atoms with Crippen molar-refractivity contribution in [3.63, 3.8) is 0 Å². The Hall–Kier alpha value is -1.51. The molecule has 34 heavy (non-hydrogen) atoms. The van der Waals surface area contributed by atoms with Gasteiger partial charge in [-0.2, -0.15) is 0 Å². The van der Waals surface area contributed by atoms with Crippen molar-refractivity contribution in [2.45, 2.75) is 86.1 Å². The van der Waals surface area contributed by atoms with Gasteiger partial charge in [0.15, 0.2) is 0 Å². The van der Waals surface area contributed by atoms with Crippen LogP contribution in [0.5, 0.6) is 0 Å². The van der Waals surface area contributed by atoms with Crippen LogP contribution >= 0.6 is 0 Å². The summed E-state index contributed by atoms with van der Waals surface area (Å²) in [5, 5.41) is 6.27. The molecule has 1 heterocycles. The van der Waals surface area contributed by atoms with Crippen molar-refractivity contribution >= 4 is 17.6 Å². The van der Waals surface area contributed by atoms with Crippen molar-refractivity contribution in [2.24, 2.45) is 10.8 Å². The second-order valence-corrected chi connectivity index (χ2v) is 11.4. The Morgan fingerprint density at radius 2 is 1.44 bits per heavy atom. The van der Waals surface area contributed by atoms with Gasteiger partial charge in [0, 0.05) is 56.9 Å². The molecule has 8 nitrogen and oxygen atoms in total. The van der Waals surface area contributed by atoms with Gasteiger partial charge in [-0.15, -0.1) is 0 Å². The number of likely N-dealkylation sites (tertiary alicyclic amines) is 1. The average molecular weight is 484 g/mol. The Morgan fingerprint density at radius 1 is 0.824 bits per heavy atom. The number of piperidine rings is 1. The molecular formula is C26H49N3O5. The van der Waals surface area contributed by atoms with E-state index in [2.05, 4.69) is 31.4 Å². The number of ether oxygens (including phenoxy) is 2. The van der Waals surface area contributed by atoms with Gasteiger partial charge in [-0.3, -0.25) is 14.4 Å². The van der Waals surface area contributed by atoms with E-state index in [1.807, 2.05) is 25.7 Å². The number of hydrogen-bond donors (Lipinski definition) is 2. The number of carbonyl (C=O) groups excluding carboxylic acids is 3. The van der Waals surface area contributed by atoms with E-state index in [-0.39, 0.29) is 34.8 Å². The Balaban J connectivity index is 1.94. The highest BCUT2D eigenvalue weighted by molar-refractivity contribution is 5.84. The van der Waals surface area contributed by atoms with Crippen LogP contribution in [-0.2, 0) is 23.9 Å². The second-order valence-electron chi connectivity index (χ2n) is 11.4. The predicted octanol–water partition coefficient (Wildman–Crippen LogP) is 2.94. The number of Topliss-reactive ketones (excluding diaryl/α,β-unsaturated/α-hetero) is 1. The Bertz CT molecular complexity index is 617. The topological polar surface area (TPSA) is 97.0 Å². The summed E-state index contributed by atoms with van der Waals surface area (Å²) in [7, 11) is 0. The quantitative estimate of drug-likeness (QED) is 0.348. The van der Waals surface area contributed by atoms with Crippen molar-refractivity contribution in [3.05, 3.63) is 0 Å². The smallest absolute Gasteiger partial charge is 0.222 e. The first kappa shape index (κ1) is 30.5. The predicted molar refractivity (Wildman–Crippen MR) is 135 cm³/mol. The van der Waals surface area contributed by atoms with E-state index in [1.165, 1.54) is 0 Å². The van der Waals surface area contributed by atoms with Crippen LogP contribution in [0.25, 0.3) is 0 Å². The zero-order chi connectivity index (χ0) is 25.6. The third-order valence-electron chi connectivity index (χ3n) is 5.97. The number of amides is 2. The molecule has 0 aromatic heterocycles. The number of hydrogen-bond acceptors (Lipinski definition) is 6. The molecule has 0 radical (unpaired) electrons. The maximum atomic E-state index is 12.3. The molecule has 2 amide bonds. The monoisotopic (exact) mass is 483 g/mol. The molecule has 0 aliphatic carbocycles. The maximum Gasteiger partial charge on any atom is 0.222 e. The van der Waals surface area contributed by atoms with Crippen LogP contribution in [0.1, 0.15) is 80.1 Å². The van der Waals surface area contributed by atoms with Gasteiger partial charge in [0.25, 0.3) is 0 Å². The standard InChI is InChI=1S/C26H49N3O5/c1-25(2,3)12-7-24(32)29-15-9-21(10-16-29)27-14-18-34-20-19-33-17-11-23(31)28-13-8-22(30)26(4,5)6/h21,27H,7-20H2,1-6H3,(H,28,31). The lowest BCUT2D eigenvalue weighted by Crippen LogP contribution is -2.45. The molecule has 0 atom stereocenters. The molecule has 198 valence electrons. The summed E-state index contributed by atoms with van der Waals surface area (Å²) in [6.45, 7) is 16.9. The van der Waals surface area contributed by atoms with Gasteiger partial charge >= 0.3 is 0 Å². The van der Waals surface area contributed by atoms with E-state index < -0.39 is 0 Å². The molecule has 0 spiro atoms. The SMILES string of the molecule is CC(C)(C)CCC(=O)N1CCC(NCCOCCOCCC(=O)NCCC(=O)C(C)(C)C)CC1. The van der Waals surface area contributed by atoms with Crippen molar-refractivity contribution < 1.29 is 23.9 Å². The van der Waals surface area contributed by atoms with Crippen molar-refractivity contribution in [3.8, 4) is 0 Å². The molecule has 1 saturated heterocycles. The Kier molecular flexibility index (Phi) is 13.9. The van der Waals surface area contributed by atoms with Gasteiger partial charge in [-0.25, -0.2) is 0 Å². The highest BCUT2D eigenvalue weighted by Gasteiger charge is 2.23.